The van der Waals surface area contributed by atoms with Crippen molar-refractivity contribution in [2.75, 3.05) is 25.0 Å². The lowest BCUT2D eigenvalue weighted by Gasteiger charge is -2.45. The zero-order valence-corrected chi connectivity index (χ0v) is 21.0. The number of para-hydroxylation sites is 2. The van der Waals surface area contributed by atoms with Gasteiger partial charge < -0.3 is 25.3 Å². The fraction of sp³-hybridized carbons (Fsp3) is 0.233. The van der Waals surface area contributed by atoms with Crippen molar-refractivity contribution < 1.29 is 14.3 Å². The molecule has 2 bridgehead atoms. The van der Waals surface area contributed by atoms with Gasteiger partial charge in [0.05, 0.1) is 27.8 Å². The van der Waals surface area contributed by atoms with E-state index in [2.05, 4.69) is 20.2 Å². The minimum absolute atomic E-state index is 0.0989. The number of hydrogen-bond donors (Lipinski definition) is 4. The standard InChI is InChI=1S/C30H26FN5O3/c31-21-14-19(17-4-3-5-18(12-17)30(38)39)13-20-26(21)35-29(37)25(28-33-22-6-1-2-7-23(22)34-28)27(20)32-24-15-36-10-8-16(24)9-11-36/h1-7,12-14,16,24H,8-11,15H2,(H,33,34)(H,38,39)(H2,32,35,37)/t24-/m0/s1. The lowest BCUT2D eigenvalue weighted by Crippen LogP contribution is -2.53. The number of imidazole rings is 1. The summed E-state index contributed by atoms with van der Waals surface area (Å²) in [6.07, 6.45) is 2.14. The second-order valence-electron chi connectivity index (χ2n) is 10.5. The summed E-state index contributed by atoms with van der Waals surface area (Å²) in [5.74, 6) is -0.789. The van der Waals surface area contributed by atoms with E-state index in [9.17, 15) is 14.7 Å². The highest BCUT2D eigenvalue weighted by Crippen LogP contribution is 2.38. The van der Waals surface area contributed by atoms with Gasteiger partial charge in [-0.05, 0) is 79.4 Å². The summed E-state index contributed by atoms with van der Waals surface area (Å²) in [6, 6.07) is 17.2. The van der Waals surface area contributed by atoms with E-state index in [0.717, 1.165) is 43.5 Å². The number of aromatic nitrogens is 3. The highest BCUT2D eigenvalue weighted by Gasteiger charge is 2.35. The van der Waals surface area contributed by atoms with Crippen LogP contribution in [0.25, 0.3) is 44.5 Å². The molecule has 3 saturated heterocycles. The average molecular weight is 524 g/mol. The second-order valence-corrected chi connectivity index (χ2v) is 10.5. The van der Waals surface area contributed by atoms with Gasteiger partial charge in [-0.2, -0.15) is 0 Å². The van der Waals surface area contributed by atoms with Gasteiger partial charge in [0.15, 0.2) is 0 Å². The number of nitrogens with zero attached hydrogens (tertiary/aromatic N) is 2. The zero-order chi connectivity index (χ0) is 26.7. The number of fused-ring (bicyclic) bond motifs is 5. The quantitative estimate of drug-likeness (QED) is 0.255. The molecule has 3 aliphatic heterocycles. The number of pyridine rings is 1. The number of aromatic amines is 2. The molecule has 0 radical (unpaired) electrons. The van der Waals surface area contributed by atoms with Gasteiger partial charge in [0.1, 0.15) is 17.2 Å². The van der Waals surface area contributed by atoms with Gasteiger partial charge in [0.2, 0.25) is 0 Å². The summed E-state index contributed by atoms with van der Waals surface area (Å²) in [5.41, 5.74) is 3.24. The molecule has 196 valence electrons. The first kappa shape index (κ1) is 23.6. The van der Waals surface area contributed by atoms with E-state index in [1.807, 2.05) is 30.3 Å². The van der Waals surface area contributed by atoms with Crippen molar-refractivity contribution in [2.24, 2.45) is 5.92 Å². The van der Waals surface area contributed by atoms with Crippen molar-refractivity contribution in [3.8, 4) is 22.5 Å². The third-order valence-electron chi connectivity index (χ3n) is 8.13. The van der Waals surface area contributed by atoms with E-state index in [0.29, 0.717) is 39.5 Å². The predicted octanol–water partition coefficient (Wildman–Crippen LogP) is 5.08. The Kier molecular flexibility index (Phi) is 5.48. The Morgan fingerprint density at radius 2 is 1.85 bits per heavy atom. The average Bonchev–Trinajstić information content (AvgIpc) is 3.38. The molecule has 5 heterocycles. The lowest BCUT2D eigenvalue weighted by atomic mass is 9.83. The topological polar surface area (TPSA) is 114 Å². The predicted molar refractivity (Wildman–Crippen MR) is 149 cm³/mol. The smallest absolute Gasteiger partial charge is 0.335 e. The minimum Gasteiger partial charge on any atom is -0.478 e. The van der Waals surface area contributed by atoms with Crippen LogP contribution in [0.5, 0.6) is 0 Å². The Morgan fingerprint density at radius 1 is 1.03 bits per heavy atom. The van der Waals surface area contributed by atoms with Crippen LogP contribution in [0.3, 0.4) is 0 Å². The summed E-state index contributed by atoms with van der Waals surface area (Å²) in [6.45, 7) is 2.98. The Bertz CT molecular complexity index is 1790. The molecule has 9 heteroatoms. The molecule has 0 unspecified atom stereocenters. The molecule has 3 aromatic carbocycles. The first-order valence-corrected chi connectivity index (χ1v) is 13.1. The van der Waals surface area contributed by atoms with Gasteiger partial charge in [-0.1, -0.05) is 24.3 Å². The van der Waals surface area contributed by atoms with E-state index in [1.54, 1.807) is 12.1 Å². The maximum atomic E-state index is 15.6. The molecule has 0 saturated carbocycles. The Balaban J connectivity index is 1.47. The number of benzene rings is 3. The molecule has 0 spiro atoms. The van der Waals surface area contributed by atoms with E-state index >= 15 is 4.39 Å². The minimum atomic E-state index is -1.06. The normalized spacial score (nSPS) is 20.5. The number of carboxylic acids is 1. The number of piperidine rings is 3. The van der Waals surface area contributed by atoms with Crippen LogP contribution in [0.2, 0.25) is 0 Å². The third-order valence-corrected chi connectivity index (χ3v) is 8.13. The summed E-state index contributed by atoms with van der Waals surface area (Å²) in [4.78, 5) is 38.3. The van der Waals surface area contributed by atoms with Crippen molar-refractivity contribution in [3.63, 3.8) is 0 Å². The SMILES string of the molecule is O=C(O)c1cccc(-c2cc(F)c3[nH]c(=O)c(-c4nc5ccccc5[nH]4)c(N[C@H]4CN5CCC4CC5)c3c2)c1. The number of carboxylic acid groups (broad SMARTS) is 1. The Morgan fingerprint density at radius 3 is 2.59 bits per heavy atom. The summed E-state index contributed by atoms with van der Waals surface area (Å²) >= 11 is 0. The van der Waals surface area contributed by atoms with Gasteiger partial charge in [-0.3, -0.25) is 4.79 Å². The van der Waals surface area contributed by atoms with Gasteiger partial charge in [0.25, 0.3) is 5.56 Å². The maximum absolute atomic E-state index is 15.6. The van der Waals surface area contributed by atoms with Gasteiger partial charge in [-0.15, -0.1) is 0 Å². The molecule has 3 aliphatic rings. The lowest BCUT2D eigenvalue weighted by molar-refractivity contribution is 0.0697. The monoisotopic (exact) mass is 523 g/mol. The number of carbonyl (C=O) groups is 1. The van der Waals surface area contributed by atoms with Crippen LogP contribution in [0.1, 0.15) is 23.2 Å². The molecular formula is C30H26FN5O3. The first-order chi connectivity index (χ1) is 18.9. The van der Waals surface area contributed by atoms with Crippen molar-refractivity contribution in [1.82, 2.24) is 19.9 Å². The van der Waals surface area contributed by atoms with Crippen LogP contribution >= 0.6 is 0 Å². The molecular weight excluding hydrogens is 497 g/mol. The first-order valence-electron chi connectivity index (χ1n) is 13.1. The number of H-pyrrole nitrogens is 2. The van der Waals surface area contributed by atoms with E-state index in [-0.39, 0.29) is 17.1 Å². The van der Waals surface area contributed by atoms with Crippen molar-refractivity contribution in [2.45, 2.75) is 18.9 Å². The molecule has 8 nitrogen and oxygen atoms in total. The van der Waals surface area contributed by atoms with Gasteiger partial charge in [0, 0.05) is 18.0 Å². The van der Waals surface area contributed by atoms with E-state index in [1.165, 1.54) is 18.2 Å². The van der Waals surface area contributed by atoms with Crippen LogP contribution in [-0.4, -0.2) is 56.6 Å². The zero-order valence-electron chi connectivity index (χ0n) is 21.0. The molecule has 2 aromatic heterocycles. The summed E-state index contributed by atoms with van der Waals surface area (Å²) in [7, 11) is 0. The van der Waals surface area contributed by atoms with Crippen molar-refractivity contribution in [1.29, 1.82) is 0 Å². The summed E-state index contributed by atoms with van der Waals surface area (Å²) in [5, 5.41) is 13.6. The third kappa shape index (κ3) is 4.06. The van der Waals surface area contributed by atoms with Crippen LogP contribution in [-0.2, 0) is 0 Å². The largest absolute Gasteiger partial charge is 0.478 e. The molecule has 5 aromatic rings. The fourth-order valence-corrected chi connectivity index (χ4v) is 6.11. The van der Waals surface area contributed by atoms with Gasteiger partial charge >= 0.3 is 5.97 Å². The molecule has 39 heavy (non-hydrogen) atoms. The summed E-state index contributed by atoms with van der Waals surface area (Å²) < 4.78 is 15.6. The molecule has 8 rings (SSSR count). The molecule has 0 aliphatic carbocycles. The number of aromatic carboxylic acids is 1. The van der Waals surface area contributed by atoms with Crippen LogP contribution < -0.4 is 10.9 Å². The number of hydrogen-bond acceptors (Lipinski definition) is 5. The Labute approximate surface area is 222 Å². The molecule has 4 N–H and O–H groups in total. The second kappa shape index (κ2) is 9.06. The number of nitrogens with one attached hydrogen (secondary N) is 3. The van der Waals surface area contributed by atoms with Gasteiger partial charge in [-0.25, -0.2) is 14.2 Å². The Hall–Kier alpha value is -4.50. The fourth-order valence-electron chi connectivity index (χ4n) is 6.11. The van der Waals surface area contributed by atoms with Crippen LogP contribution in [0.4, 0.5) is 10.1 Å². The molecule has 0 amide bonds. The highest BCUT2D eigenvalue weighted by atomic mass is 19.1. The van der Waals surface area contributed by atoms with Crippen LogP contribution in [0.15, 0.2) is 65.5 Å². The highest BCUT2D eigenvalue weighted by molar-refractivity contribution is 6.01. The van der Waals surface area contributed by atoms with E-state index in [4.69, 9.17) is 4.98 Å². The van der Waals surface area contributed by atoms with Crippen LogP contribution in [0, 0.1) is 11.7 Å². The maximum Gasteiger partial charge on any atom is 0.335 e. The van der Waals surface area contributed by atoms with Crippen molar-refractivity contribution in [3.05, 3.63) is 82.4 Å². The molecule has 3 fully saturated rings. The number of rotatable bonds is 5. The van der Waals surface area contributed by atoms with E-state index < -0.39 is 17.3 Å². The number of halogens is 1. The molecule has 1 atom stereocenters. The number of anilines is 1. The van der Waals surface area contributed by atoms with Crippen molar-refractivity contribution >= 4 is 33.6 Å².